The van der Waals surface area contributed by atoms with E-state index in [2.05, 4.69) is 30.7 Å². The molecule has 0 saturated heterocycles. The number of benzene rings is 2. The van der Waals surface area contributed by atoms with Gasteiger partial charge in [-0.25, -0.2) is 0 Å². The average Bonchev–Trinajstić information content (AvgIpc) is 3.10. The molecule has 0 spiro atoms. The number of alkyl halides is 3. The quantitative estimate of drug-likeness (QED) is 0.755. The number of H-pyrrole nitrogens is 1. The number of aromatic amines is 1. The SMILES string of the molecule is O=C(Nc1ccc(OC(F)(F)F)cc1)c1ccc(-c2nn[nH]n2)cc1. The Balaban J connectivity index is 1.66. The van der Waals surface area contributed by atoms with Crippen molar-refractivity contribution in [2.45, 2.75) is 6.36 Å². The van der Waals surface area contributed by atoms with Crippen LogP contribution < -0.4 is 10.1 Å². The van der Waals surface area contributed by atoms with E-state index < -0.39 is 12.3 Å². The lowest BCUT2D eigenvalue weighted by Crippen LogP contribution is -2.17. The molecule has 25 heavy (non-hydrogen) atoms. The summed E-state index contributed by atoms with van der Waals surface area (Å²) in [6, 6.07) is 11.3. The van der Waals surface area contributed by atoms with E-state index in [4.69, 9.17) is 0 Å². The van der Waals surface area contributed by atoms with Crippen LogP contribution in [0.1, 0.15) is 10.4 Å². The molecule has 2 N–H and O–H groups in total. The molecule has 0 radical (unpaired) electrons. The number of carbonyl (C=O) groups excluding carboxylic acids is 1. The number of carbonyl (C=O) groups is 1. The zero-order chi connectivity index (χ0) is 17.9. The van der Waals surface area contributed by atoms with Gasteiger partial charge < -0.3 is 10.1 Å². The van der Waals surface area contributed by atoms with Crippen LogP contribution in [0, 0.1) is 0 Å². The Hall–Kier alpha value is -3.43. The standard InChI is InChI=1S/C15H10F3N5O2/c16-15(17,18)25-12-7-5-11(6-8-12)19-14(24)10-3-1-9(2-4-10)13-20-22-23-21-13/h1-8H,(H,19,24)(H,20,21,22,23). The first-order chi connectivity index (χ1) is 11.9. The molecular formula is C15H10F3N5O2. The number of tetrazole rings is 1. The Labute approximate surface area is 138 Å². The predicted octanol–water partition coefficient (Wildman–Crippen LogP) is 3.02. The second kappa shape index (κ2) is 6.59. The first kappa shape index (κ1) is 16.4. The van der Waals surface area contributed by atoms with Gasteiger partial charge >= 0.3 is 6.36 Å². The number of halogens is 3. The zero-order valence-corrected chi connectivity index (χ0v) is 12.4. The number of nitrogens with zero attached hydrogens (tertiary/aromatic N) is 3. The highest BCUT2D eigenvalue weighted by Gasteiger charge is 2.30. The number of ether oxygens (including phenoxy) is 1. The van der Waals surface area contributed by atoms with Crippen molar-refractivity contribution >= 4 is 11.6 Å². The van der Waals surface area contributed by atoms with E-state index in [1.807, 2.05) is 0 Å². The number of rotatable bonds is 4. The summed E-state index contributed by atoms with van der Waals surface area (Å²) >= 11 is 0. The summed E-state index contributed by atoms with van der Waals surface area (Å²) in [7, 11) is 0. The summed E-state index contributed by atoms with van der Waals surface area (Å²) in [5, 5.41) is 16.0. The van der Waals surface area contributed by atoms with Gasteiger partial charge in [-0.05, 0) is 41.6 Å². The lowest BCUT2D eigenvalue weighted by atomic mass is 10.1. The Morgan fingerprint density at radius 1 is 1.04 bits per heavy atom. The number of aromatic nitrogens is 4. The molecule has 0 saturated carbocycles. The third-order valence-electron chi connectivity index (χ3n) is 3.10. The maximum atomic E-state index is 12.2. The van der Waals surface area contributed by atoms with Crippen LogP contribution in [0.25, 0.3) is 11.4 Å². The van der Waals surface area contributed by atoms with Crippen LogP contribution in [0.2, 0.25) is 0 Å². The average molecular weight is 349 g/mol. The monoisotopic (exact) mass is 349 g/mol. The minimum absolute atomic E-state index is 0.335. The molecule has 10 heteroatoms. The van der Waals surface area contributed by atoms with Crippen molar-refractivity contribution in [3.05, 3.63) is 54.1 Å². The molecule has 2 aromatic carbocycles. The molecule has 3 aromatic rings. The van der Waals surface area contributed by atoms with Crippen molar-refractivity contribution in [1.29, 1.82) is 0 Å². The van der Waals surface area contributed by atoms with Crippen molar-refractivity contribution in [1.82, 2.24) is 20.6 Å². The molecule has 1 heterocycles. The van der Waals surface area contributed by atoms with Gasteiger partial charge in [-0.1, -0.05) is 12.1 Å². The van der Waals surface area contributed by atoms with E-state index >= 15 is 0 Å². The predicted molar refractivity (Wildman–Crippen MR) is 80.7 cm³/mol. The molecule has 7 nitrogen and oxygen atoms in total. The van der Waals surface area contributed by atoms with Crippen LogP contribution in [-0.2, 0) is 0 Å². The highest BCUT2D eigenvalue weighted by Crippen LogP contribution is 2.24. The normalized spacial score (nSPS) is 11.2. The van der Waals surface area contributed by atoms with Gasteiger partial charge in [-0.15, -0.1) is 23.4 Å². The number of amides is 1. The summed E-state index contributed by atoms with van der Waals surface area (Å²) in [6.45, 7) is 0. The summed E-state index contributed by atoms with van der Waals surface area (Å²) in [4.78, 5) is 12.2. The number of anilines is 1. The van der Waals surface area contributed by atoms with Gasteiger partial charge in [0.2, 0.25) is 5.82 Å². The molecular weight excluding hydrogens is 339 g/mol. The second-order valence-electron chi connectivity index (χ2n) is 4.84. The van der Waals surface area contributed by atoms with E-state index in [0.29, 0.717) is 22.6 Å². The van der Waals surface area contributed by atoms with E-state index in [0.717, 1.165) is 12.1 Å². The fraction of sp³-hybridized carbons (Fsp3) is 0.0667. The maximum absolute atomic E-state index is 12.2. The van der Waals surface area contributed by atoms with Gasteiger partial charge in [-0.2, -0.15) is 5.21 Å². The third kappa shape index (κ3) is 4.31. The molecule has 0 bridgehead atoms. The smallest absolute Gasteiger partial charge is 0.406 e. The highest BCUT2D eigenvalue weighted by molar-refractivity contribution is 6.04. The van der Waals surface area contributed by atoms with Crippen LogP contribution >= 0.6 is 0 Å². The van der Waals surface area contributed by atoms with Crippen molar-refractivity contribution in [2.24, 2.45) is 0 Å². The van der Waals surface area contributed by atoms with Gasteiger partial charge in [-0.3, -0.25) is 4.79 Å². The Kier molecular flexibility index (Phi) is 4.33. The second-order valence-corrected chi connectivity index (χ2v) is 4.84. The minimum Gasteiger partial charge on any atom is -0.406 e. The first-order valence-corrected chi connectivity index (χ1v) is 6.92. The Morgan fingerprint density at radius 2 is 1.72 bits per heavy atom. The summed E-state index contributed by atoms with van der Waals surface area (Å²) in [6.07, 6.45) is -4.76. The fourth-order valence-electron chi connectivity index (χ4n) is 2.00. The zero-order valence-electron chi connectivity index (χ0n) is 12.4. The molecule has 0 fully saturated rings. The van der Waals surface area contributed by atoms with E-state index in [1.54, 1.807) is 24.3 Å². The van der Waals surface area contributed by atoms with Crippen molar-refractivity contribution in [3.8, 4) is 17.1 Å². The van der Waals surface area contributed by atoms with Crippen LogP contribution in [0.5, 0.6) is 5.75 Å². The molecule has 1 amide bonds. The molecule has 0 aliphatic rings. The van der Waals surface area contributed by atoms with Crippen LogP contribution in [0.4, 0.5) is 18.9 Å². The van der Waals surface area contributed by atoms with Gasteiger partial charge in [0.1, 0.15) is 5.75 Å². The van der Waals surface area contributed by atoms with Gasteiger partial charge in [0.15, 0.2) is 0 Å². The van der Waals surface area contributed by atoms with Gasteiger partial charge in [0.25, 0.3) is 5.91 Å². The first-order valence-electron chi connectivity index (χ1n) is 6.92. The Bertz CT molecular complexity index is 846. The molecule has 0 aliphatic carbocycles. The molecule has 0 aliphatic heterocycles. The van der Waals surface area contributed by atoms with Crippen LogP contribution in [0.15, 0.2) is 48.5 Å². The number of nitrogens with one attached hydrogen (secondary N) is 2. The summed E-state index contributed by atoms with van der Waals surface area (Å²) < 4.78 is 40.1. The fourth-order valence-corrected chi connectivity index (χ4v) is 2.00. The molecule has 128 valence electrons. The van der Waals surface area contributed by atoms with E-state index in [9.17, 15) is 18.0 Å². The maximum Gasteiger partial charge on any atom is 0.573 e. The summed E-state index contributed by atoms with van der Waals surface area (Å²) in [5.41, 5.74) is 1.38. The molecule has 0 unspecified atom stereocenters. The van der Waals surface area contributed by atoms with Crippen LogP contribution in [0.3, 0.4) is 0 Å². The molecule has 3 rings (SSSR count). The van der Waals surface area contributed by atoms with Crippen LogP contribution in [-0.4, -0.2) is 32.9 Å². The minimum atomic E-state index is -4.76. The summed E-state index contributed by atoms with van der Waals surface area (Å²) in [5.74, 6) is -0.383. The Morgan fingerprint density at radius 3 is 2.28 bits per heavy atom. The number of hydrogen-bond acceptors (Lipinski definition) is 5. The molecule has 1 aromatic heterocycles. The number of hydrogen-bond donors (Lipinski definition) is 2. The largest absolute Gasteiger partial charge is 0.573 e. The lowest BCUT2D eigenvalue weighted by molar-refractivity contribution is -0.274. The molecule has 0 atom stereocenters. The van der Waals surface area contributed by atoms with Gasteiger partial charge in [0.05, 0.1) is 0 Å². The lowest BCUT2D eigenvalue weighted by Gasteiger charge is -2.10. The van der Waals surface area contributed by atoms with Crippen molar-refractivity contribution in [2.75, 3.05) is 5.32 Å². The van der Waals surface area contributed by atoms with Gasteiger partial charge in [0, 0.05) is 16.8 Å². The van der Waals surface area contributed by atoms with Crippen molar-refractivity contribution < 1.29 is 22.7 Å². The van der Waals surface area contributed by atoms with E-state index in [1.165, 1.54) is 12.1 Å². The third-order valence-corrected chi connectivity index (χ3v) is 3.10. The van der Waals surface area contributed by atoms with Crippen molar-refractivity contribution in [3.63, 3.8) is 0 Å². The topological polar surface area (TPSA) is 92.8 Å². The van der Waals surface area contributed by atoms with E-state index in [-0.39, 0.29) is 5.75 Å². The highest BCUT2D eigenvalue weighted by atomic mass is 19.4.